The van der Waals surface area contributed by atoms with Gasteiger partial charge in [0.25, 0.3) is 0 Å². The molecule has 0 aliphatic carbocycles. The minimum atomic E-state index is -0.637. The van der Waals surface area contributed by atoms with E-state index >= 15 is 0 Å². The summed E-state index contributed by atoms with van der Waals surface area (Å²) in [6, 6.07) is 12.5. The number of halogens is 2. The Balaban J connectivity index is 2.01. The molecule has 0 aromatic heterocycles. The zero-order valence-corrected chi connectivity index (χ0v) is 13.8. The normalized spacial score (nSPS) is 10.6. The molecule has 0 spiro atoms. The summed E-state index contributed by atoms with van der Waals surface area (Å²) in [6.07, 6.45) is 0.841. The number of hydrogen-bond donors (Lipinski definition) is 1. The van der Waals surface area contributed by atoms with Crippen LogP contribution in [0.1, 0.15) is 11.1 Å². The summed E-state index contributed by atoms with van der Waals surface area (Å²) in [5.41, 5.74) is 3.68. The Bertz CT molecular complexity index is 700. The van der Waals surface area contributed by atoms with Gasteiger partial charge in [-0.25, -0.2) is 10.2 Å². The van der Waals surface area contributed by atoms with Gasteiger partial charge in [-0.15, -0.1) is 0 Å². The van der Waals surface area contributed by atoms with E-state index in [0.29, 0.717) is 15.8 Å². The molecule has 1 N–H and O–H groups in total. The van der Waals surface area contributed by atoms with Gasteiger partial charge in [-0.2, -0.15) is 5.10 Å². The van der Waals surface area contributed by atoms with E-state index in [2.05, 4.69) is 15.3 Å². The zero-order valence-electron chi connectivity index (χ0n) is 12.3. The third-order valence-corrected chi connectivity index (χ3v) is 3.57. The van der Waals surface area contributed by atoms with Gasteiger partial charge in [-0.1, -0.05) is 41.4 Å². The molecule has 7 heteroatoms. The number of carbonyl (C=O) groups is 1. The summed E-state index contributed by atoms with van der Waals surface area (Å²) in [5.74, 6) is 0.628. The zero-order chi connectivity index (χ0) is 16.7. The highest BCUT2D eigenvalue weighted by atomic mass is 35.5. The molecular formula is C16H14Cl2N2O3. The van der Waals surface area contributed by atoms with Crippen LogP contribution in [0, 0.1) is 0 Å². The lowest BCUT2D eigenvalue weighted by atomic mass is 10.2. The molecule has 0 heterocycles. The first-order valence-electron chi connectivity index (χ1n) is 6.63. The third-order valence-electron chi connectivity index (χ3n) is 2.86. The topological polar surface area (TPSA) is 59.9 Å². The molecule has 0 unspecified atom stereocenters. The quantitative estimate of drug-likeness (QED) is 0.645. The number of hydrazone groups is 1. The molecular weight excluding hydrogens is 339 g/mol. The summed E-state index contributed by atoms with van der Waals surface area (Å²) in [6.45, 7) is 0.250. The van der Waals surface area contributed by atoms with Gasteiger partial charge in [-0.3, -0.25) is 0 Å². The van der Waals surface area contributed by atoms with E-state index < -0.39 is 6.09 Å². The van der Waals surface area contributed by atoms with Crippen LogP contribution in [0.2, 0.25) is 10.0 Å². The average Bonchev–Trinajstić information content (AvgIpc) is 2.54. The van der Waals surface area contributed by atoms with Gasteiger partial charge in [0.2, 0.25) is 0 Å². The SMILES string of the molecule is COC(=O)N/N=C/c1cccc(OCc2c(Cl)cccc2Cl)c1. The number of nitrogens with one attached hydrogen (secondary N) is 1. The lowest BCUT2D eigenvalue weighted by Crippen LogP contribution is -2.16. The van der Waals surface area contributed by atoms with Crippen LogP contribution in [0.5, 0.6) is 5.75 Å². The molecule has 0 radical (unpaired) electrons. The van der Waals surface area contributed by atoms with Crippen molar-refractivity contribution < 1.29 is 14.3 Å². The van der Waals surface area contributed by atoms with Crippen LogP contribution in [-0.4, -0.2) is 19.4 Å². The number of nitrogens with zero attached hydrogens (tertiary/aromatic N) is 1. The highest BCUT2D eigenvalue weighted by molar-refractivity contribution is 6.35. The predicted molar refractivity (Wildman–Crippen MR) is 90.4 cm³/mol. The van der Waals surface area contributed by atoms with Gasteiger partial charge in [0.1, 0.15) is 12.4 Å². The van der Waals surface area contributed by atoms with Crippen LogP contribution in [0.25, 0.3) is 0 Å². The highest BCUT2D eigenvalue weighted by Gasteiger charge is 2.06. The minimum Gasteiger partial charge on any atom is -0.489 e. The van der Waals surface area contributed by atoms with E-state index in [1.165, 1.54) is 13.3 Å². The van der Waals surface area contributed by atoms with E-state index in [9.17, 15) is 4.79 Å². The molecule has 0 saturated heterocycles. The largest absolute Gasteiger partial charge is 0.489 e. The smallest absolute Gasteiger partial charge is 0.427 e. The number of ether oxygens (including phenoxy) is 2. The van der Waals surface area contributed by atoms with Gasteiger partial charge in [0.15, 0.2) is 0 Å². The molecule has 0 fully saturated rings. The summed E-state index contributed by atoms with van der Waals surface area (Å²) < 4.78 is 10.1. The number of methoxy groups -OCH3 is 1. The Morgan fingerprint density at radius 3 is 2.61 bits per heavy atom. The van der Waals surface area contributed by atoms with E-state index in [4.69, 9.17) is 27.9 Å². The first-order chi connectivity index (χ1) is 11.1. The van der Waals surface area contributed by atoms with Crippen molar-refractivity contribution in [2.24, 2.45) is 5.10 Å². The minimum absolute atomic E-state index is 0.250. The summed E-state index contributed by atoms with van der Waals surface area (Å²) >= 11 is 12.2. The van der Waals surface area contributed by atoms with Gasteiger partial charge in [0.05, 0.1) is 13.3 Å². The van der Waals surface area contributed by atoms with Crippen molar-refractivity contribution in [1.29, 1.82) is 0 Å². The fourth-order valence-electron chi connectivity index (χ4n) is 1.72. The lowest BCUT2D eigenvalue weighted by Gasteiger charge is -2.09. The van der Waals surface area contributed by atoms with Gasteiger partial charge < -0.3 is 9.47 Å². The lowest BCUT2D eigenvalue weighted by molar-refractivity contribution is 0.171. The second-order valence-electron chi connectivity index (χ2n) is 4.42. The Morgan fingerprint density at radius 2 is 1.91 bits per heavy atom. The number of rotatable bonds is 5. The van der Waals surface area contributed by atoms with Crippen molar-refractivity contribution >= 4 is 35.5 Å². The van der Waals surface area contributed by atoms with Crippen LogP contribution in [0.3, 0.4) is 0 Å². The average molecular weight is 353 g/mol. The van der Waals surface area contributed by atoms with E-state index in [-0.39, 0.29) is 6.61 Å². The molecule has 23 heavy (non-hydrogen) atoms. The summed E-state index contributed by atoms with van der Waals surface area (Å²) in [5, 5.41) is 4.86. The molecule has 0 aliphatic heterocycles. The second-order valence-corrected chi connectivity index (χ2v) is 5.24. The van der Waals surface area contributed by atoms with Crippen molar-refractivity contribution in [3.05, 3.63) is 63.6 Å². The molecule has 2 aromatic carbocycles. The third kappa shape index (κ3) is 5.16. The van der Waals surface area contributed by atoms with Gasteiger partial charge in [-0.05, 0) is 29.8 Å². The monoisotopic (exact) mass is 352 g/mol. The Hall–Kier alpha value is -2.24. The Morgan fingerprint density at radius 1 is 1.22 bits per heavy atom. The van der Waals surface area contributed by atoms with Crippen molar-refractivity contribution in [1.82, 2.24) is 5.43 Å². The predicted octanol–water partition coefficient (Wildman–Crippen LogP) is 4.26. The van der Waals surface area contributed by atoms with Crippen molar-refractivity contribution in [3.8, 4) is 5.75 Å². The summed E-state index contributed by atoms with van der Waals surface area (Å²) in [4.78, 5) is 10.9. The van der Waals surface area contributed by atoms with Crippen LogP contribution >= 0.6 is 23.2 Å². The van der Waals surface area contributed by atoms with E-state index in [1.807, 2.05) is 12.1 Å². The highest BCUT2D eigenvalue weighted by Crippen LogP contribution is 2.25. The van der Waals surface area contributed by atoms with Crippen LogP contribution < -0.4 is 10.2 Å². The standard InChI is InChI=1S/C16H14Cl2N2O3/c1-22-16(21)20-19-9-11-4-2-5-12(8-11)23-10-13-14(17)6-3-7-15(13)18/h2-9H,10H2,1H3,(H,20,21)/b19-9+. The molecule has 2 aromatic rings. The molecule has 0 saturated carbocycles. The molecule has 2 rings (SSSR count). The van der Waals surface area contributed by atoms with Crippen molar-refractivity contribution in [2.75, 3.05) is 7.11 Å². The van der Waals surface area contributed by atoms with Gasteiger partial charge in [0, 0.05) is 15.6 Å². The molecule has 120 valence electrons. The number of carbonyl (C=O) groups excluding carboxylic acids is 1. The maximum absolute atomic E-state index is 10.9. The number of amides is 1. The fraction of sp³-hybridized carbons (Fsp3) is 0.125. The second kappa shape index (κ2) is 8.41. The number of benzene rings is 2. The molecule has 0 bridgehead atoms. The first kappa shape index (κ1) is 17.1. The van der Waals surface area contributed by atoms with Crippen LogP contribution in [0.4, 0.5) is 4.79 Å². The molecule has 5 nitrogen and oxygen atoms in total. The maximum atomic E-state index is 10.9. The Labute approximate surface area is 143 Å². The van der Waals surface area contributed by atoms with Gasteiger partial charge >= 0.3 is 6.09 Å². The fourth-order valence-corrected chi connectivity index (χ4v) is 2.22. The van der Waals surface area contributed by atoms with Crippen molar-refractivity contribution in [2.45, 2.75) is 6.61 Å². The van der Waals surface area contributed by atoms with Crippen LogP contribution in [0.15, 0.2) is 47.6 Å². The molecule has 0 atom stereocenters. The molecule has 0 aliphatic rings. The van der Waals surface area contributed by atoms with Crippen LogP contribution in [-0.2, 0) is 11.3 Å². The first-order valence-corrected chi connectivity index (χ1v) is 7.38. The Kier molecular flexibility index (Phi) is 6.26. The van der Waals surface area contributed by atoms with Crippen molar-refractivity contribution in [3.63, 3.8) is 0 Å². The summed E-state index contributed by atoms with van der Waals surface area (Å²) in [7, 11) is 1.26. The number of hydrogen-bond acceptors (Lipinski definition) is 4. The van der Waals surface area contributed by atoms with E-state index in [0.717, 1.165) is 11.1 Å². The van der Waals surface area contributed by atoms with E-state index in [1.54, 1.807) is 30.3 Å². The maximum Gasteiger partial charge on any atom is 0.427 e. The molecule has 1 amide bonds.